The molecular formula is C12H19N5. The lowest BCUT2D eigenvalue weighted by Gasteiger charge is -2.09. The average molecular weight is 233 g/mol. The maximum Gasteiger partial charge on any atom is 0.182 e. The zero-order chi connectivity index (χ0) is 12.8. The topological polar surface area (TPSA) is 69.6 Å². The van der Waals surface area contributed by atoms with E-state index in [9.17, 15) is 0 Å². The Hall–Kier alpha value is -1.91. The van der Waals surface area contributed by atoms with Crippen LogP contribution in [0.1, 0.15) is 33.7 Å². The molecule has 0 saturated heterocycles. The van der Waals surface area contributed by atoms with Crippen molar-refractivity contribution in [3.8, 4) is 11.5 Å². The van der Waals surface area contributed by atoms with Crippen LogP contribution >= 0.6 is 0 Å². The minimum Gasteiger partial charge on any atom is -0.384 e. The quantitative estimate of drug-likeness (QED) is 0.865. The first-order valence-corrected chi connectivity index (χ1v) is 5.81. The molecule has 2 N–H and O–H groups in total. The zero-order valence-electron chi connectivity index (χ0n) is 10.8. The summed E-state index contributed by atoms with van der Waals surface area (Å²) < 4.78 is 1.96. The first-order chi connectivity index (χ1) is 8.18. The second-order valence-electron chi connectivity index (χ2n) is 3.60. The number of pyridine rings is 1. The first-order valence-electron chi connectivity index (χ1n) is 5.81. The third-order valence-corrected chi connectivity index (χ3v) is 2.13. The summed E-state index contributed by atoms with van der Waals surface area (Å²) in [7, 11) is 0. The van der Waals surface area contributed by atoms with Gasteiger partial charge in [0.2, 0.25) is 0 Å². The number of hydrogen-bond acceptors (Lipinski definition) is 4. The lowest BCUT2D eigenvalue weighted by atomic mass is 10.3. The fourth-order valence-electron chi connectivity index (χ4n) is 1.38. The van der Waals surface area contributed by atoms with Crippen LogP contribution in [-0.4, -0.2) is 19.7 Å². The van der Waals surface area contributed by atoms with Crippen molar-refractivity contribution in [1.29, 1.82) is 0 Å². The number of rotatable bonds is 2. The molecular weight excluding hydrogens is 214 g/mol. The smallest absolute Gasteiger partial charge is 0.182 e. The Morgan fingerprint density at radius 2 is 1.94 bits per heavy atom. The molecule has 92 valence electrons. The Morgan fingerprint density at radius 1 is 1.24 bits per heavy atom. The van der Waals surface area contributed by atoms with E-state index in [1.54, 1.807) is 12.4 Å². The van der Waals surface area contributed by atoms with Gasteiger partial charge in [0.25, 0.3) is 0 Å². The SMILES string of the molecule is CC.CC(C)n1cnnc1-c1cccc(N)n1. The van der Waals surface area contributed by atoms with Crippen molar-refractivity contribution in [3.63, 3.8) is 0 Å². The Balaban J connectivity index is 0.000000686. The lowest BCUT2D eigenvalue weighted by molar-refractivity contribution is 0.603. The second-order valence-corrected chi connectivity index (χ2v) is 3.60. The van der Waals surface area contributed by atoms with Gasteiger partial charge < -0.3 is 10.3 Å². The minimum atomic E-state index is 0.304. The lowest BCUT2D eigenvalue weighted by Crippen LogP contribution is -2.03. The van der Waals surface area contributed by atoms with E-state index < -0.39 is 0 Å². The number of aromatic nitrogens is 4. The first kappa shape index (κ1) is 13.2. The predicted octanol–water partition coefficient (Wildman–Crippen LogP) is 2.53. The summed E-state index contributed by atoms with van der Waals surface area (Å²) in [6, 6.07) is 5.79. The number of hydrogen-bond donors (Lipinski definition) is 1. The fourth-order valence-corrected chi connectivity index (χ4v) is 1.38. The van der Waals surface area contributed by atoms with Crippen molar-refractivity contribution in [2.75, 3.05) is 5.73 Å². The van der Waals surface area contributed by atoms with Crippen LogP contribution in [0.15, 0.2) is 24.5 Å². The van der Waals surface area contributed by atoms with Crippen LogP contribution < -0.4 is 5.73 Å². The van der Waals surface area contributed by atoms with Crippen molar-refractivity contribution in [2.24, 2.45) is 0 Å². The summed E-state index contributed by atoms with van der Waals surface area (Å²) >= 11 is 0. The summed E-state index contributed by atoms with van der Waals surface area (Å²) in [5.74, 6) is 1.24. The molecule has 0 aromatic carbocycles. The number of nitrogens with two attached hydrogens (primary N) is 1. The summed E-state index contributed by atoms with van der Waals surface area (Å²) in [4.78, 5) is 4.21. The van der Waals surface area contributed by atoms with Gasteiger partial charge in [-0.2, -0.15) is 0 Å². The van der Waals surface area contributed by atoms with Crippen LogP contribution in [0.5, 0.6) is 0 Å². The van der Waals surface area contributed by atoms with Crippen LogP contribution in [-0.2, 0) is 0 Å². The molecule has 0 saturated carbocycles. The van der Waals surface area contributed by atoms with Crippen LogP contribution in [0.4, 0.5) is 5.82 Å². The van der Waals surface area contributed by atoms with E-state index >= 15 is 0 Å². The molecule has 0 spiro atoms. The van der Waals surface area contributed by atoms with Crippen molar-refractivity contribution >= 4 is 5.82 Å². The predicted molar refractivity (Wildman–Crippen MR) is 69.4 cm³/mol. The largest absolute Gasteiger partial charge is 0.384 e. The standard InChI is InChI=1S/C10H13N5.C2H6/c1-7(2)15-6-12-14-10(15)8-4-3-5-9(11)13-8;1-2/h3-7H,1-2H3,(H2,11,13);1-2H3. The average Bonchev–Trinajstić information content (AvgIpc) is 2.80. The van der Waals surface area contributed by atoms with Gasteiger partial charge in [-0.25, -0.2) is 4.98 Å². The zero-order valence-corrected chi connectivity index (χ0v) is 10.8. The fraction of sp³-hybridized carbons (Fsp3) is 0.417. The number of nitrogen functional groups attached to an aromatic ring is 1. The molecule has 0 radical (unpaired) electrons. The molecule has 0 bridgehead atoms. The molecule has 2 aromatic rings. The summed E-state index contributed by atoms with van der Waals surface area (Å²) in [6.45, 7) is 8.14. The molecule has 0 atom stereocenters. The van der Waals surface area contributed by atoms with Gasteiger partial charge in [0.1, 0.15) is 17.8 Å². The van der Waals surface area contributed by atoms with Crippen molar-refractivity contribution < 1.29 is 0 Å². The van der Waals surface area contributed by atoms with Gasteiger partial charge in [0, 0.05) is 6.04 Å². The van der Waals surface area contributed by atoms with E-state index in [4.69, 9.17) is 5.73 Å². The van der Waals surface area contributed by atoms with E-state index in [2.05, 4.69) is 29.0 Å². The van der Waals surface area contributed by atoms with E-state index in [1.807, 2.05) is 30.5 Å². The second kappa shape index (κ2) is 5.98. The van der Waals surface area contributed by atoms with E-state index in [-0.39, 0.29) is 0 Å². The van der Waals surface area contributed by atoms with Crippen LogP contribution in [0, 0.1) is 0 Å². The molecule has 0 aliphatic heterocycles. The highest BCUT2D eigenvalue weighted by Crippen LogP contribution is 2.18. The molecule has 2 heterocycles. The number of anilines is 1. The van der Waals surface area contributed by atoms with Gasteiger partial charge >= 0.3 is 0 Å². The molecule has 5 nitrogen and oxygen atoms in total. The van der Waals surface area contributed by atoms with E-state index in [1.165, 1.54) is 0 Å². The van der Waals surface area contributed by atoms with E-state index in [0.29, 0.717) is 11.9 Å². The van der Waals surface area contributed by atoms with Crippen molar-refractivity contribution in [1.82, 2.24) is 19.7 Å². The van der Waals surface area contributed by atoms with Gasteiger partial charge in [0.15, 0.2) is 5.82 Å². The van der Waals surface area contributed by atoms with Crippen molar-refractivity contribution in [2.45, 2.75) is 33.7 Å². The Kier molecular flexibility index (Phi) is 4.63. The van der Waals surface area contributed by atoms with Gasteiger partial charge in [-0.3, -0.25) is 0 Å². The maximum absolute atomic E-state index is 5.62. The molecule has 5 heteroatoms. The molecule has 0 unspecified atom stereocenters. The van der Waals surface area contributed by atoms with Gasteiger partial charge in [-0.1, -0.05) is 19.9 Å². The Labute approximate surface area is 102 Å². The van der Waals surface area contributed by atoms with Gasteiger partial charge in [0.05, 0.1) is 0 Å². The highest BCUT2D eigenvalue weighted by Gasteiger charge is 2.10. The molecule has 0 aliphatic carbocycles. The third kappa shape index (κ3) is 3.03. The maximum atomic E-state index is 5.62. The van der Waals surface area contributed by atoms with Crippen molar-refractivity contribution in [3.05, 3.63) is 24.5 Å². The third-order valence-electron chi connectivity index (χ3n) is 2.13. The summed E-state index contributed by atoms with van der Waals surface area (Å²) in [5, 5.41) is 7.93. The molecule has 0 aliphatic rings. The normalized spacial score (nSPS) is 9.94. The Morgan fingerprint density at radius 3 is 2.53 bits per heavy atom. The van der Waals surface area contributed by atoms with Crippen LogP contribution in [0.2, 0.25) is 0 Å². The summed E-state index contributed by atoms with van der Waals surface area (Å²) in [5.41, 5.74) is 6.37. The van der Waals surface area contributed by atoms with Gasteiger partial charge in [-0.15, -0.1) is 10.2 Å². The highest BCUT2D eigenvalue weighted by atomic mass is 15.3. The van der Waals surface area contributed by atoms with Crippen LogP contribution in [0.25, 0.3) is 11.5 Å². The van der Waals surface area contributed by atoms with Gasteiger partial charge in [-0.05, 0) is 26.0 Å². The monoisotopic (exact) mass is 233 g/mol. The molecule has 0 fully saturated rings. The molecule has 0 amide bonds. The summed E-state index contributed by atoms with van der Waals surface area (Å²) in [6.07, 6.45) is 1.70. The van der Waals surface area contributed by atoms with E-state index in [0.717, 1.165) is 11.5 Å². The molecule has 17 heavy (non-hydrogen) atoms. The minimum absolute atomic E-state index is 0.304. The highest BCUT2D eigenvalue weighted by molar-refractivity contribution is 5.52. The molecule has 2 rings (SSSR count). The molecule has 2 aromatic heterocycles. The Bertz CT molecular complexity index is 461. The number of nitrogens with zero attached hydrogens (tertiary/aromatic N) is 4. The van der Waals surface area contributed by atoms with Crippen LogP contribution in [0.3, 0.4) is 0 Å².